The van der Waals surface area contributed by atoms with Gasteiger partial charge in [-0.3, -0.25) is 4.57 Å². The molecule has 4 atom stereocenters. The summed E-state index contributed by atoms with van der Waals surface area (Å²) in [6.07, 6.45) is 1.22. The first kappa shape index (κ1) is 26.9. The number of nitrogens with one attached hydrogen (secondary N) is 1. The van der Waals surface area contributed by atoms with E-state index in [9.17, 15) is 0 Å². The fourth-order valence-electron chi connectivity index (χ4n) is 4.86. The van der Waals surface area contributed by atoms with E-state index in [2.05, 4.69) is 97.7 Å². The van der Waals surface area contributed by atoms with Crippen molar-refractivity contribution in [1.82, 2.24) is 19.5 Å². The molecule has 0 radical (unpaired) electrons. The quantitative estimate of drug-likeness (QED) is 0.455. The second-order valence-corrected chi connectivity index (χ2v) is 32.3. The molecule has 1 fully saturated rings. The maximum atomic E-state index is 6.87. The molecule has 0 spiro atoms. The minimum Gasteiger partial charge on any atom is -0.415 e. The van der Waals surface area contributed by atoms with Crippen LogP contribution in [-0.4, -0.2) is 77.5 Å². The molecular weight excluding hydrogens is 509 g/mol. The van der Waals surface area contributed by atoms with Gasteiger partial charge in [0.15, 0.2) is 42.3 Å². The van der Waals surface area contributed by atoms with E-state index >= 15 is 0 Å². The molecule has 2 aromatic heterocycles. The summed E-state index contributed by atoms with van der Waals surface area (Å²) < 4.78 is 24.8. The van der Waals surface area contributed by atoms with Crippen LogP contribution in [0.25, 0.3) is 11.2 Å². The van der Waals surface area contributed by atoms with Gasteiger partial charge in [0.25, 0.3) is 0 Å². The molecular formula is C22H44N6O3Si4. The molecule has 0 unspecified atom stereocenters. The number of nitrogens with zero attached hydrogens (tertiary/aromatic N) is 5. The van der Waals surface area contributed by atoms with Crippen LogP contribution in [0.4, 0.5) is 11.8 Å². The fraction of sp³-hybridized carbons (Fsp3) is 0.773. The molecule has 2 aliphatic heterocycles. The van der Waals surface area contributed by atoms with Gasteiger partial charge in [-0.25, -0.2) is 15.0 Å². The van der Waals surface area contributed by atoms with Gasteiger partial charge >= 0.3 is 0 Å². The van der Waals surface area contributed by atoms with Crippen LogP contribution >= 0.6 is 0 Å². The van der Waals surface area contributed by atoms with Crippen molar-refractivity contribution in [2.45, 2.75) is 103 Å². The molecule has 35 heavy (non-hydrogen) atoms. The average Bonchev–Trinajstić information content (AvgIpc) is 3.25. The predicted octanol–water partition coefficient (Wildman–Crippen LogP) is 5.07. The van der Waals surface area contributed by atoms with Gasteiger partial charge in [0.2, 0.25) is 5.95 Å². The van der Waals surface area contributed by atoms with Crippen molar-refractivity contribution < 1.29 is 13.6 Å². The molecule has 0 aliphatic carbocycles. The molecule has 4 rings (SSSR count). The van der Waals surface area contributed by atoms with Gasteiger partial charge in [-0.15, -0.1) is 0 Å². The predicted molar refractivity (Wildman–Crippen MR) is 153 cm³/mol. The molecule has 196 valence electrons. The van der Waals surface area contributed by atoms with Crippen molar-refractivity contribution in [3.63, 3.8) is 0 Å². The second-order valence-electron chi connectivity index (χ2n) is 13.8. The number of hydrogen-bond acceptors (Lipinski definition) is 8. The molecule has 9 nitrogen and oxygen atoms in total. The van der Waals surface area contributed by atoms with Gasteiger partial charge in [0.1, 0.15) is 26.5 Å². The van der Waals surface area contributed by atoms with Crippen molar-refractivity contribution in [3.05, 3.63) is 6.33 Å². The van der Waals surface area contributed by atoms with Crippen molar-refractivity contribution >= 4 is 56.0 Å². The Labute approximate surface area is 214 Å². The Kier molecular flexibility index (Phi) is 6.73. The summed E-state index contributed by atoms with van der Waals surface area (Å²) in [6, 6.07) is 0.0545. The highest BCUT2D eigenvalue weighted by molar-refractivity contribution is 6.80. The number of imidazole rings is 1. The second kappa shape index (κ2) is 8.74. The van der Waals surface area contributed by atoms with Crippen LogP contribution in [0.5, 0.6) is 0 Å². The van der Waals surface area contributed by atoms with Crippen molar-refractivity contribution in [1.29, 1.82) is 0 Å². The lowest BCUT2D eigenvalue weighted by Crippen LogP contribution is -2.57. The summed E-state index contributed by atoms with van der Waals surface area (Å²) in [5, 5.41) is 0. The summed E-state index contributed by atoms with van der Waals surface area (Å²) in [5.41, 5.74) is 1.64. The van der Waals surface area contributed by atoms with Crippen LogP contribution < -0.4 is 9.55 Å². The zero-order chi connectivity index (χ0) is 26.1. The largest absolute Gasteiger partial charge is 0.415 e. The maximum absolute atomic E-state index is 6.87. The lowest BCUT2D eigenvalue weighted by atomic mass is 10.1. The first-order valence-electron chi connectivity index (χ1n) is 12.6. The van der Waals surface area contributed by atoms with E-state index < -0.39 is 33.1 Å². The zero-order valence-electron chi connectivity index (χ0n) is 23.6. The molecule has 0 aromatic carbocycles. The third-order valence-corrected chi connectivity index (χ3v) is 10.9. The third-order valence-electron chi connectivity index (χ3n) is 5.92. The normalized spacial score (nSPS) is 25.3. The Hall–Kier alpha value is -1.10. The summed E-state index contributed by atoms with van der Waals surface area (Å²) in [7, 11) is -7.07. The lowest BCUT2D eigenvalue weighted by molar-refractivity contribution is -0.0348. The minimum atomic E-state index is -1.88. The van der Waals surface area contributed by atoms with Gasteiger partial charge in [0, 0.05) is 0 Å². The lowest BCUT2D eigenvalue weighted by Gasteiger charge is -2.40. The van der Waals surface area contributed by atoms with Crippen LogP contribution in [-0.2, 0) is 13.6 Å². The summed E-state index contributed by atoms with van der Waals surface area (Å²) in [4.78, 5) is 18.1. The van der Waals surface area contributed by atoms with E-state index in [4.69, 9.17) is 23.6 Å². The van der Waals surface area contributed by atoms with Gasteiger partial charge in [-0.05, 0) is 39.3 Å². The van der Waals surface area contributed by atoms with Gasteiger partial charge in [0.05, 0.1) is 18.8 Å². The van der Waals surface area contributed by atoms with E-state index in [1.54, 1.807) is 6.33 Å². The minimum absolute atomic E-state index is 0.0545. The van der Waals surface area contributed by atoms with Crippen LogP contribution in [0.1, 0.15) is 6.23 Å². The number of rotatable bonds is 8. The van der Waals surface area contributed by atoms with Crippen LogP contribution in [0.3, 0.4) is 0 Å². The summed E-state index contributed by atoms with van der Waals surface area (Å²) >= 11 is 0. The van der Waals surface area contributed by atoms with E-state index in [0.717, 1.165) is 22.9 Å². The van der Waals surface area contributed by atoms with E-state index in [1.807, 2.05) is 0 Å². The number of anilines is 2. The van der Waals surface area contributed by atoms with Gasteiger partial charge < -0.3 is 23.1 Å². The van der Waals surface area contributed by atoms with Gasteiger partial charge in [-0.1, -0.05) is 39.3 Å². The Balaban J connectivity index is 1.83. The monoisotopic (exact) mass is 552 g/mol. The Bertz CT molecular complexity index is 1090. The Morgan fingerprint density at radius 3 is 2.14 bits per heavy atom. The van der Waals surface area contributed by atoms with Crippen LogP contribution in [0.2, 0.25) is 78.6 Å². The SMILES string of the molecule is C[Si](C)(C)Nc1ncnc2c1nc1n2[C@@H]2O[C@H](CO[Si](C)(C)C)[C@@H](O[Si](C)(C)C)[C@H]2N1[Si](C)(C)C. The van der Waals surface area contributed by atoms with E-state index in [-0.39, 0.29) is 24.5 Å². The van der Waals surface area contributed by atoms with Crippen LogP contribution in [0, 0.1) is 0 Å². The van der Waals surface area contributed by atoms with Crippen molar-refractivity contribution in [2.75, 3.05) is 16.2 Å². The first-order valence-corrected chi connectivity index (χ1v) is 26.4. The molecule has 1 saturated heterocycles. The van der Waals surface area contributed by atoms with Gasteiger partial charge in [-0.2, -0.15) is 0 Å². The smallest absolute Gasteiger partial charge is 0.202 e. The number of hydrogen-bond donors (Lipinski definition) is 1. The standard InChI is InChI=1S/C22H44N6O3Si4/c1-32(2,3)26-19-16-20(24-14-23-19)27-21-17(28(22(27)25-16)33(4,5)6)18(31-35(10,11)12)15(30-21)13-29-34(7,8)9/h14-15,17-18,21H,13H2,1-12H3,(H,23,24,26)/t15-,17-,18-,21-/m1/s1. The number of aromatic nitrogens is 4. The molecule has 4 heterocycles. The van der Waals surface area contributed by atoms with E-state index in [0.29, 0.717) is 6.61 Å². The Morgan fingerprint density at radius 1 is 0.943 bits per heavy atom. The maximum Gasteiger partial charge on any atom is 0.202 e. The highest BCUT2D eigenvalue weighted by Crippen LogP contribution is 2.49. The summed E-state index contributed by atoms with van der Waals surface area (Å²) in [5.74, 6) is 1.75. The molecule has 2 aliphatic rings. The topological polar surface area (TPSA) is 86.6 Å². The first-order chi connectivity index (χ1) is 15.9. The summed E-state index contributed by atoms with van der Waals surface area (Å²) in [6.45, 7) is 27.8. The third kappa shape index (κ3) is 5.60. The molecule has 2 aromatic rings. The van der Waals surface area contributed by atoms with Crippen molar-refractivity contribution in [3.8, 4) is 0 Å². The molecule has 13 heteroatoms. The molecule has 0 bridgehead atoms. The van der Waals surface area contributed by atoms with E-state index in [1.165, 1.54) is 0 Å². The molecule has 0 amide bonds. The fourth-order valence-corrected chi connectivity index (χ4v) is 9.45. The highest BCUT2D eigenvalue weighted by Gasteiger charge is 2.58. The molecule has 0 saturated carbocycles. The zero-order valence-corrected chi connectivity index (χ0v) is 27.6. The number of ether oxygens (including phenoxy) is 1. The molecule has 1 N–H and O–H groups in total. The highest BCUT2D eigenvalue weighted by atomic mass is 28.4. The Morgan fingerprint density at radius 2 is 1.60 bits per heavy atom. The van der Waals surface area contributed by atoms with Crippen molar-refractivity contribution in [2.24, 2.45) is 0 Å². The average molecular weight is 553 g/mol. The number of fused-ring (bicyclic) bond motifs is 5. The van der Waals surface area contributed by atoms with Crippen LogP contribution in [0.15, 0.2) is 6.33 Å².